The largest absolute Gasteiger partial charge is 0.381 e. The van der Waals surface area contributed by atoms with Crippen molar-refractivity contribution < 1.29 is 4.74 Å². The predicted octanol–water partition coefficient (Wildman–Crippen LogP) is 1.93. The molecule has 1 aliphatic heterocycles. The first kappa shape index (κ1) is 9.47. The molecule has 13 heavy (non-hydrogen) atoms. The fourth-order valence-electron chi connectivity index (χ4n) is 2.95. The van der Waals surface area contributed by atoms with Crippen molar-refractivity contribution in [3.05, 3.63) is 0 Å². The van der Waals surface area contributed by atoms with E-state index in [0.29, 0.717) is 10.8 Å². The molecular formula is C11H21NO. The van der Waals surface area contributed by atoms with Crippen LogP contribution in [0.4, 0.5) is 0 Å². The third kappa shape index (κ3) is 1.15. The summed E-state index contributed by atoms with van der Waals surface area (Å²) in [6.45, 7) is 8.70. The standard InChI is InChI=1S/C11H21NO/c1-9(2)8-11(9,12)10(3)4-6-13-7-5-10/h4-8,12H2,1-3H3. The smallest absolute Gasteiger partial charge is 0.0471 e. The molecule has 2 N–H and O–H groups in total. The van der Waals surface area contributed by atoms with Gasteiger partial charge in [0.05, 0.1) is 0 Å². The Morgan fingerprint density at radius 1 is 1.08 bits per heavy atom. The van der Waals surface area contributed by atoms with Crippen LogP contribution in [0, 0.1) is 10.8 Å². The van der Waals surface area contributed by atoms with Gasteiger partial charge in [0.15, 0.2) is 0 Å². The molecule has 0 spiro atoms. The summed E-state index contributed by atoms with van der Waals surface area (Å²) in [6.07, 6.45) is 3.44. The van der Waals surface area contributed by atoms with E-state index in [1.54, 1.807) is 0 Å². The number of rotatable bonds is 1. The molecule has 0 aromatic carbocycles. The lowest BCUT2D eigenvalue weighted by atomic mass is 9.71. The first-order valence-corrected chi connectivity index (χ1v) is 5.28. The van der Waals surface area contributed by atoms with Crippen LogP contribution in [0.15, 0.2) is 0 Å². The lowest BCUT2D eigenvalue weighted by Gasteiger charge is -2.41. The second-order valence-corrected chi connectivity index (χ2v) is 5.71. The maximum Gasteiger partial charge on any atom is 0.0471 e. The first-order valence-electron chi connectivity index (χ1n) is 5.28. The van der Waals surface area contributed by atoms with Crippen LogP contribution in [-0.4, -0.2) is 18.8 Å². The molecule has 1 atom stereocenters. The highest BCUT2D eigenvalue weighted by Gasteiger charge is 2.67. The van der Waals surface area contributed by atoms with Crippen molar-refractivity contribution in [3.8, 4) is 0 Å². The van der Waals surface area contributed by atoms with Crippen LogP contribution >= 0.6 is 0 Å². The second kappa shape index (κ2) is 2.48. The summed E-state index contributed by atoms with van der Waals surface area (Å²) < 4.78 is 5.40. The van der Waals surface area contributed by atoms with Crippen molar-refractivity contribution in [1.82, 2.24) is 0 Å². The lowest BCUT2D eigenvalue weighted by molar-refractivity contribution is -0.00169. The minimum Gasteiger partial charge on any atom is -0.381 e. The Labute approximate surface area is 80.8 Å². The minimum absolute atomic E-state index is 0.0732. The zero-order chi connectivity index (χ0) is 9.74. The molecule has 1 heterocycles. The molecule has 2 rings (SSSR count). The Balaban J connectivity index is 2.15. The van der Waals surface area contributed by atoms with Gasteiger partial charge in [-0.2, -0.15) is 0 Å². The Morgan fingerprint density at radius 3 is 1.92 bits per heavy atom. The summed E-state index contributed by atoms with van der Waals surface area (Å²) in [5, 5.41) is 0. The highest BCUT2D eigenvalue weighted by atomic mass is 16.5. The van der Waals surface area contributed by atoms with E-state index < -0.39 is 0 Å². The summed E-state index contributed by atoms with van der Waals surface area (Å²) in [5.74, 6) is 0. The van der Waals surface area contributed by atoms with Gasteiger partial charge in [0.2, 0.25) is 0 Å². The highest BCUT2D eigenvalue weighted by Crippen LogP contribution is 2.64. The molecule has 2 heteroatoms. The van der Waals surface area contributed by atoms with Crippen LogP contribution in [0.25, 0.3) is 0 Å². The topological polar surface area (TPSA) is 35.2 Å². The summed E-state index contributed by atoms with van der Waals surface area (Å²) >= 11 is 0. The van der Waals surface area contributed by atoms with E-state index in [1.807, 2.05) is 0 Å². The van der Waals surface area contributed by atoms with Crippen LogP contribution in [0.3, 0.4) is 0 Å². The Kier molecular flexibility index (Phi) is 1.81. The number of nitrogens with two attached hydrogens (primary N) is 1. The molecule has 2 fully saturated rings. The Bertz CT molecular complexity index is 218. The number of hydrogen-bond acceptors (Lipinski definition) is 2. The molecule has 76 valence electrons. The maximum atomic E-state index is 6.48. The van der Waals surface area contributed by atoms with Gasteiger partial charge in [0.1, 0.15) is 0 Å². The van der Waals surface area contributed by atoms with E-state index in [9.17, 15) is 0 Å². The molecule has 1 unspecified atom stereocenters. The van der Waals surface area contributed by atoms with Gasteiger partial charge >= 0.3 is 0 Å². The van der Waals surface area contributed by atoms with Crippen molar-refractivity contribution in [2.45, 2.75) is 45.6 Å². The zero-order valence-electron chi connectivity index (χ0n) is 9.02. The molecular weight excluding hydrogens is 162 g/mol. The normalized spacial score (nSPS) is 41.5. The number of hydrogen-bond donors (Lipinski definition) is 1. The van der Waals surface area contributed by atoms with Gasteiger partial charge in [-0.15, -0.1) is 0 Å². The molecule has 1 aliphatic carbocycles. The van der Waals surface area contributed by atoms with E-state index in [0.717, 1.165) is 26.1 Å². The van der Waals surface area contributed by atoms with Gasteiger partial charge in [0.25, 0.3) is 0 Å². The van der Waals surface area contributed by atoms with Gasteiger partial charge in [0, 0.05) is 18.8 Å². The van der Waals surface area contributed by atoms with E-state index in [4.69, 9.17) is 10.5 Å². The average Bonchev–Trinajstić information content (AvgIpc) is 2.55. The van der Waals surface area contributed by atoms with E-state index >= 15 is 0 Å². The number of ether oxygens (including phenoxy) is 1. The van der Waals surface area contributed by atoms with Gasteiger partial charge < -0.3 is 10.5 Å². The molecule has 1 saturated carbocycles. The molecule has 2 nitrogen and oxygen atoms in total. The van der Waals surface area contributed by atoms with Crippen molar-refractivity contribution in [2.75, 3.05) is 13.2 Å². The average molecular weight is 183 g/mol. The van der Waals surface area contributed by atoms with Crippen molar-refractivity contribution >= 4 is 0 Å². The fourth-order valence-corrected chi connectivity index (χ4v) is 2.95. The second-order valence-electron chi connectivity index (χ2n) is 5.71. The summed E-state index contributed by atoms with van der Waals surface area (Å²) in [7, 11) is 0. The summed E-state index contributed by atoms with van der Waals surface area (Å²) in [5.41, 5.74) is 7.21. The van der Waals surface area contributed by atoms with Gasteiger partial charge in [-0.25, -0.2) is 0 Å². The molecule has 1 saturated heterocycles. The third-order valence-electron chi connectivity index (χ3n) is 4.48. The van der Waals surface area contributed by atoms with Crippen LogP contribution < -0.4 is 5.73 Å². The molecule has 0 aromatic rings. The van der Waals surface area contributed by atoms with Crippen LogP contribution in [0.2, 0.25) is 0 Å². The van der Waals surface area contributed by atoms with E-state index in [1.165, 1.54) is 6.42 Å². The predicted molar refractivity (Wildman–Crippen MR) is 53.5 cm³/mol. The van der Waals surface area contributed by atoms with Gasteiger partial charge in [-0.3, -0.25) is 0 Å². The zero-order valence-corrected chi connectivity index (χ0v) is 9.02. The Morgan fingerprint density at radius 2 is 1.54 bits per heavy atom. The minimum atomic E-state index is 0.0732. The first-order chi connectivity index (χ1) is 5.91. The van der Waals surface area contributed by atoms with Crippen LogP contribution in [-0.2, 0) is 4.74 Å². The lowest BCUT2D eigenvalue weighted by Crippen LogP contribution is -2.48. The fraction of sp³-hybridized carbons (Fsp3) is 1.00. The Hall–Kier alpha value is -0.0800. The van der Waals surface area contributed by atoms with Crippen molar-refractivity contribution in [1.29, 1.82) is 0 Å². The van der Waals surface area contributed by atoms with Crippen molar-refractivity contribution in [2.24, 2.45) is 16.6 Å². The van der Waals surface area contributed by atoms with Gasteiger partial charge in [-0.05, 0) is 30.1 Å². The molecule has 0 amide bonds. The molecule has 2 aliphatic rings. The van der Waals surface area contributed by atoms with E-state index in [-0.39, 0.29) is 5.54 Å². The SMILES string of the molecule is CC1(C)CC1(N)C1(C)CCOCC1. The van der Waals surface area contributed by atoms with E-state index in [2.05, 4.69) is 20.8 Å². The third-order valence-corrected chi connectivity index (χ3v) is 4.48. The quantitative estimate of drug-likeness (QED) is 0.674. The van der Waals surface area contributed by atoms with Gasteiger partial charge in [-0.1, -0.05) is 20.8 Å². The van der Waals surface area contributed by atoms with Crippen LogP contribution in [0.1, 0.15) is 40.0 Å². The molecule has 0 aromatic heterocycles. The summed E-state index contributed by atoms with van der Waals surface area (Å²) in [4.78, 5) is 0. The monoisotopic (exact) mass is 183 g/mol. The molecule has 0 bridgehead atoms. The molecule has 0 radical (unpaired) electrons. The highest BCUT2D eigenvalue weighted by molar-refractivity contribution is 5.22. The van der Waals surface area contributed by atoms with Crippen molar-refractivity contribution in [3.63, 3.8) is 0 Å². The summed E-state index contributed by atoms with van der Waals surface area (Å²) in [6, 6.07) is 0. The van der Waals surface area contributed by atoms with Crippen LogP contribution in [0.5, 0.6) is 0 Å². The maximum absolute atomic E-state index is 6.48.